The van der Waals surface area contributed by atoms with Gasteiger partial charge in [0.05, 0.1) is 30.4 Å². The summed E-state index contributed by atoms with van der Waals surface area (Å²) in [7, 11) is 1.65. The van der Waals surface area contributed by atoms with Crippen molar-refractivity contribution < 1.29 is 14.3 Å². The minimum absolute atomic E-state index is 0.0742. The standard InChI is InChI=1S/C27H27Cl3N2O3/c1-34-23-4-2-3-19(15-23)18-35-26(20-5-7-21(28)8-6-20)17-31-11-13-32(14-12-31)27(33)24-10-9-22(29)16-25(24)30/h2-10,15-16,26H,11-14,17-18H2,1H3/t26-/m1/s1. The molecule has 1 atom stereocenters. The highest BCUT2D eigenvalue weighted by Gasteiger charge is 2.26. The van der Waals surface area contributed by atoms with Gasteiger partial charge in [-0.25, -0.2) is 0 Å². The SMILES string of the molecule is COc1cccc(CO[C@H](CN2CCN(C(=O)c3ccc(Cl)cc3Cl)CC2)c2ccc(Cl)cc2)c1. The summed E-state index contributed by atoms with van der Waals surface area (Å²) in [6.07, 6.45) is -0.147. The third-order valence-electron chi connectivity index (χ3n) is 6.07. The van der Waals surface area contributed by atoms with Crippen LogP contribution in [0.25, 0.3) is 0 Å². The van der Waals surface area contributed by atoms with Crippen molar-refractivity contribution in [2.45, 2.75) is 12.7 Å². The summed E-state index contributed by atoms with van der Waals surface area (Å²) >= 11 is 18.3. The van der Waals surface area contributed by atoms with E-state index >= 15 is 0 Å². The van der Waals surface area contributed by atoms with Crippen LogP contribution in [0, 0.1) is 0 Å². The molecule has 1 aliphatic rings. The summed E-state index contributed by atoms with van der Waals surface area (Å²) in [4.78, 5) is 17.1. The van der Waals surface area contributed by atoms with E-state index in [1.165, 1.54) is 0 Å². The predicted octanol–water partition coefficient (Wildman–Crippen LogP) is 6.37. The Morgan fingerprint density at radius 1 is 0.914 bits per heavy atom. The zero-order chi connectivity index (χ0) is 24.8. The molecule has 0 aromatic heterocycles. The summed E-state index contributed by atoms with van der Waals surface area (Å²) < 4.78 is 11.7. The molecular formula is C27H27Cl3N2O3. The average Bonchev–Trinajstić information content (AvgIpc) is 2.87. The first-order valence-electron chi connectivity index (χ1n) is 11.4. The Morgan fingerprint density at radius 3 is 2.31 bits per heavy atom. The first kappa shape index (κ1) is 25.8. The molecule has 1 aliphatic heterocycles. The Kier molecular flexibility index (Phi) is 8.93. The van der Waals surface area contributed by atoms with Gasteiger partial charge in [0.15, 0.2) is 0 Å². The van der Waals surface area contributed by atoms with E-state index in [9.17, 15) is 4.79 Å². The second-order valence-electron chi connectivity index (χ2n) is 8.42. The van der Waals surface area contributed by atoms with Gasteiger partial charge < -0.3 is 14.4 Å². The number of amides is 1. The summed E-state index contributed by atoms with van der Waals surface area (Å²) in [6.45, 7) is 3.86. The van der Waals surface area contributed by atoms with E-state index in [1.807, 2.05) is 53.4 Å². The molecule has 3 aromatic carbocycles. The summed E-state index contributed by atoms with van der Waals surface area (Å²) in [5, 5.41) is 1.57. The Hall–Kier alpha value is -2.28. The van der Waals surface area contributed by atoms with Crippen molar-refractivity contribution in [2.24, 2.45) is 0 Å². The van der Waals surface area contributed by atoms with E-state index < -0.39 is 0 Å². The lowest BCUT2D eigenvalue weighted by Gasteiger charge is -2.36. The van der Waals surface area contributed by atoms with Gasteiger partial charge in [-0.3, -0.25) is 9.69 Å². The van der Waals surface area contributed by atoms with Crippen molar-refractivity contribution in [3.05, 3.63) is 98.5 Å². The third kappa shape index (κ3) is 6.90. The smallest absolute Gasteiger partial charge is 0.255 e. The molecule has 0 aliphatic carbocycles. The van der Waals surface area contributed by atoms with Gasteiger partial charge in [-0.15, -0.1) is 0 Å². The highest BCUT2D eigenvalue weighted by atomic mass is 35.5. The highest BCUT2D eigenvalue weighted by molar-refractivity contribution is 6.36. The maximum atomic E-state index is 13.0. The topological polar surface area (TPSA) is 42.0 Å². The van der Waals surface area contributed by atoms with E-state index in [0.29, 0.717) is 46.9 Å². The number of hydrogen-bond donors (Lipinski definition) is 0. The Bertz CT molecular complexity index is 1150. The molecule has 1 saturated heterocycles. The molecule has 4 rings (SSSR count). The van der Waals surface area contributed by atoms with Gasteiger partial charge in [0, 0.05) is 42.8 Å². The van der Waals surface area contributed by atoms with Crippen LogP contribution in [0.5, 0.6) is 5.75 Å². The van der Waals surface area contributed by atoms with Crippen LogP contribution in [0.4, 0.5) is 0 Å². The molecule has 3 aromatic rings. The predicted molar refractivity (Wildman–Crippen MR) is 141 cm³/mol. The third-order valence-corrected chi connectivity index (χ3v) is 6.87. The van der Waals surface area contributed by atoms with Gasteiger partial charge in [0.25, 0.3) is 5.91 Å². The first-order valence-corrected chi connectivity index (χ1v) is 12.5. The molecule has 8 heteroatoms. The number of benzene rings is 3. The Labute approximate surface area is 221 Å². The maximum Gasteiger partial charge on any atom is 0.255 e. The van der Waals surface area contributed by atoms with Crippen LogP contribution in [0.15, 0.2) is 66.7 Å². The van der Waals surface area contributed by atoms with E-state index in [0.717, 1.165) is 30.0 Å². The lowest BCUT2D eigenvalue weighted by molar-refractivity contribution is 0.00338. The average molecular weight is 534 g/mol. The molecule has 5 nitrogen and oxygen atoms in total. The van der Waals surface area contributed by atoms with Crippen LogP contribution >= 0.6 is 34.8 Å². The highest BCUT2D eigenvalue weighted by Crippen LogP contribution is 2.26. The number of nitrogens with zero attached hydrogens (tertiary/aromatic N) is 2. The van der Waals surface area contributed by atoms with Gasteiger partial charge >= 0.3 is 0 Å². The van der Waals surface area contributed by atoms with Gasteiger partial charge in [0.2, 0.25) is 0 Å². The molecule has 1 amide bonds. The number of carbonyl (C=O) groups excluding carboxylic acids is 1. The second-order valence-corrected chi connectivity index (χ2v) is 9.70. The number of rotatable bonds is 8. The van der Waals surface area contributed by atoms with Crippen molar-refractivity contribution in [1.29, 1.82) is 0 Å². The van der Waals surface area contributed by atoms with Crippen molar-refractivity contribution in [3.8, 4) is 5.75 Å². The van der Waals surface area contributed by atoms with Gasteiger partial charge in [-0.05, 0) is 53.6 Å². The summed E-state index contributed by atoms with van der Waals surface area (Å²) in [5.41, 5.74) is 2.58. The van der Waals surface area contributed by atoms with Crippen LogP contribution in [0.3, 0.4) is 0 Å². The molecule has 0 spiro atoms. The van der Waals surface area contributed by atoms with Gasteiger partial charge in [-0.2, -0.15) is 0 Å². The van der Waals surface area contributed by atoms with Gasteiger partial charge in [-0.1, -0.05) is 59.1 Å². The van der Waals surface area contributed by atoms with Crippen molar-refractivity contribution >= 4 is 40.7 Å². The van der Waals surface area contributed by atoms with E-state index in [4.69, 9.17) is 44.3 Å². The van der Waals surface area contributed by atoms with Crippen molar-refractivity contribution in [3.63, 3.8) is 0 Å². The monoisotopic (exact) mass is 532 g/mol. The van der Waals surface area contributed by atoms with E-state index in [1.54, 1.807) is 25.3 Å². The van der Waals surface area contributed by atoms with Crippen LogP contribution in [-0.4, -0.2) is 55.5 Å². The van der Waals surface area contributed by atoms with Crippen LogP contribution in [0.2, 0.25) is 15.1 Å². The number of carbonyl (C=O) groups is 1. The summed E-state index contributed by atoms with van der Waals surface area (Å²) in [5.74, 6) is 0.727. The fourth-order valence-electron chi connectivity index (χ4n) is 4.09. The molecule has 0 N–H and O–H groups in total. The second kappa shape index (κ2) is 12.1. The molecule has 1 fully saturated rings. The summed E-state index contributed by atoms with van der Waals surface area (Å²) in [6, 6.07) is 20.6. The zero-order valence-electron chi connectivity index (χ0n) is 19.4. The number of piperazine rings is 1. The molecule has 1 heterocycles. The van der Waals surface area contributed by atoms with Crippen molar-refractivity contribution in [2.75, 3.05) is 39.8 Å². The molecule has 0 unspecified atom stereocenters. The van der Waals surface area contributed by atoms with Crippen LogP contribution in [-0.2, 0) is 11.3 Å². The number of hydrogen-bond acceptors (Lipinski definition) is 4. The molecular weight excluding hydrogens is 507 g/mol. The minimum Gasteiger partial charge on any atom is -0.497 e. The van der Waals surface area contributed by atoms with Gasteiger partial charge in [0.1, 0.15) is 5.75 Å². The number of methoxy groups -OCH3 is 1. The van der Waals surface area contributed by atoms with E-state index in [-0.39, 0.29) is 12.0 Å². The van der Waals surface area contributed by atoms with Crippen LogP contribution < -0.4 is 4.74 Å². The molecule has 0 saturated carbocycles. The van der Waals surface area contributed by atoms with Crippen molar-refractivity contribution in [1.82, 2.24) is 9.80 Å². The number of halogens is 3. The lowest BCUT2D eigenvalue weighted by atomic mass is 10.1. The normalized spacial score (nSPS) is 15.1. The maximum absolute atomic E-state index is 13.0. The molecule has 35 heavy (non-hydrogen) atoms. The molecule has 184 valence electrons. The van der Waals surface area contributed by atoms with Crippen LogP contribution in [0.1, 0.15) is 27.6 Å². The quantitative estimate of drug-likeness (QED) is 0.337. The first-order chi connectivity index (χ1) is 16.9. The van der Waals surface area contributed by atoms with E-state index in [2.05, 4.69) is 4.90 Å². The largest absolute Gasteiger partial charge is 0.497 e. The molecule has 0 bridgehead atoms. The fraction of sp³-hybridized carbons (Fsp3) is 0.296. The lowest BCUT2D eigenvalue weighted by Crippen LogP contribution is -2.49. The number of ether oxygens (including phenoxy) is 2. The fourth-order valence-corrected chi connectivity index (χ4v) is 4.71. The zero-order valence-corrected chi connectivity index (χ0v) is 21.7. The Morgan fingerprint density at radius 2 is 1.63 bits per heavy atom. The minimum atomic E-state index is -0.147. The Balaban J connectivity index is 1.40. The molecule has 0 radical (unpaired) electrons.